The van der Waals surface area contributed by atoms with Gasteiger partial charge in [-0.3, -0.25) is 4.79 Å². The lowest BCUT2D eigenvalue weighted by molar-refractivity contribution is -0.137. The first-order valence-corrected chi connectivity index (χ1v) is 8.85. The van der Waals surface area contributed by atoms with Crippen LogP contribution in [0.15, 0.2) is 12.1 Å². The molecular formula is C20H28O6. The third-order valence-corrected chi connectivity index (χ3v) is 3.90. The summed E-state index contributed by atoms with van der Waals surface area (Å²) in [6, 6.07) is 3.59. The number of hydrogen-bond acceptors (Lipinski definition) is 5. The fourth-order valence-electron chi connectivity index (χ4n) is 2.76. The number of aliphatic carboxylic acids is 1. The van der Waals surface area contributed by atoms with Gasteiger partial charge in [0.05, 0.1) is 24.3 Å². The molecule has 0 spiro atoms. The van der Waals surface area contributed by atoms with Gasteiger partial charge in [0.2, 0.25) is 0 Å². The smallest absolute Gasteiger partial charge is 0.339 e. The zero-order valence-electron chi connectivity index (χ0n) is 16.2. The molecule has 0 saturated carbocycles. The van der Waals surface area contributed by atoms with Crippen LogP contribution in [0.3, 0.4) is 0 Å². The Morgan fingerprint density at radius 2 is 1.50 bits per heavy atom. The average Bonchev–Trinajstić information content (AvgIpc) is 2.53. The van der Waals surface area contributed by atoms with Crippen molar-refractivity contribution < 1.29 is 29.0 Å². The Morgan fingerprint density at radius 3 is 1.96 bits per heavy atom. The van der Waals surface area contributed by atoms with E-state index in [1.54, 1.807) is 19.9 Å². The van der Waals surface area contributed by atoms with Crippen molar-refractivity contribution in [3.05, 3.63) is 34.4 Å². The molecule has 0 saturated heterocycles. The molecule has 0 heterocycles. The highest BCUT2D eigenvalue weighted by molar-refractivity contribution is 6.05. The predicted molar refractivity (Wildman–Crippen MR) is 97.6 cm³/mol. The number of benzene rings is 1. The maximum absolute atomic E-state index is 12.7. The highest BCUT2D eigenvalue weighted by Gasteiger charge is 2.30. The minimum Gasteiger partial charge on any atom is -0.481 e. The van der Waals surface area contributed by atoms with Crippen LogP contribution in [-0.4, -0.2) is 36.2 Å². The zero-order valence-corrected chi connectivity index (χ0v) is 16.2. The van der Waals surface area contributed by atoms with Crippen LogP contribution in [-0.2, 0) is 26.1 Å². The van der Waals surface area contributed by atoms with Crippen LogP contribution in [0.25, 0.3) is 0 Å². The molecule has 0 unspecified atom stereocenters. The summed E-state index contributed by atoms with van der Waals surface area (Å²) in [6.45, 7) is 9.61. The summed E-state index contributed by atoms with van der Waals surface area (Å²) in [7, 11) is 0. The summed E-state index contributed by atoms with van der Waals surface area (Å²) < 4.78 is 10.4. The quantitative estimate of drug-likeness (QED) is 0.707. The summed E-state index contributed by atoms with van der Waals surface area (Å²) in [4.78, 5) is 36.1. The van der Waals surface area contributed by atoms with E-state index < -0.39 is 17.9 Å². The van der Waals surface area contributed by atoms with Crippen molar-refractivity contribution in [3.8, 4) is 0 Å². The second-order valence-electron chi connectivity index (χ2n) is 6.96. The van der Waals surface area contributed by atoms with E-state index in [0.29, 0.717) is 24.0 Å². The van der Waals surface area contributed by atoms with Crippen LogP contribution in [0.1, 0.15) is 79.3 Å². The molecule has 1 N–H and O–H groups in total. The summed E-state index contributed by atoms with van der Waals surface area (Å²) in [6.07, 6.45) is 0.703. The van der Waals surface area contributed by atoms with Gasteiger partial charge in [-0.2, -0.15) is 0 Å². The van der Waals surface area contributed by atoms with Crippen LogP contribution >= 0.6 is 0 Å². The molecule has 6 heteroatoms. The first kappa shape index (κ1) is 21.7. The van der Waals surface area contributed by atoms with Crippen LogP contribution in [0.2, 0.25) is 0 Å². The predicted octanol–water partition coefficient (Wildman–Crippen LogP) is 3.74. The van der Waals surface area contributed by atoms with Crippen LogP contribution in [0, 0.1) is 0 Å². The lowest BCUT2D eigenvalue weighted by atomic mass is 9.80. The number of esters is 2. The second-order valence-corrected chi connectivity index (χ2v) is 6.96. The van der Waals surface area contributed by atoms with Gasteiger partial charge in [-0.25, -0.2) is 9.59 Å². The number of hydrogen-bond donors (Lipinski definition) is 1. The molecule has 0 aliphatic rings. The van der Waals surface area contributed by atoms with E-state index in [1.807, 2.05) is 26.8 Å². The van der Waals surface area contributed by atoms with Crippen molar-refractivity contribution in [1.29, 1.82) is 0 Å². The first-order chi connectivity index (χ1) is 12.1. The Labute approximate surface area is 154 Å². The Bertz CT molecular complexity index is 670. The SMILES string of the molecule is CCOC(=O)c1c(CCCC(=O)O)ccc(C(C)(C)C)c1C(=O)OCC. The number of carboxylic acids is 1. The molecule has 0 amide bonds. The lowest BCUT2D eigenvalue weighted by Gasteiger charge is -2.25. The normalized spacial score (nSPS) is 11.1. The largest absolute Gasteiger partial charge is 0.481 e. The minimum atomic E-state index is -0.903. The molecule has 0 aromatic heterocycles. The number of aryl methyl sites for hydroxylation is 1. The van der Waals surface area contributed by atoms with Crippen LogP contribution in [0.4, 0.5) is 0 Å². The first-order valence-electron chi connectivity index (χ1n) is 8.85. The molecule has 0 bridgehead atoms. The standard InChI is InChI=1S/C20H28O6/c1-6-25-18(23)16-13(9-8-10-15(21)22)11-12-14(20(3,4)5)17(16)19(24)26-7-2/h11-12H,6-10H2,1-5H3,(H,21,22). The summed E-state index contributed by atoms with van der Waals surface area (Å²) in [5.41, 5.74) is 1.30. The van der Waals surface area contributed by atoms with Gasteiger partial charge >= 0.3 is 17.9 Å². The lowest BCUT2D eigenvalue weighted by Crippen LogP contribution is -2.24. The molecule has 1 aromatic carbocycles. The molecule has 1 aromatic rings. The van der Waals surface area contributed by atoms with E-state index in [9.17, 15) is 14.4 Å². The monoisotopic (exact) mass is 364 g/mol. The molecule has 6 nitrogen and oxygen atoms in total. The Kier molecular flexibility index (Phi) is 7.80. The van der Waals surface area contributed by atoms with Crippen molar-refractivity contribution in [2.45, 2.75) is 59.3 Å². The molecule has 26 heavy (non-hydrogen) atoms. The second kappa shape index (κ2) is 9.36. The third kappa shape index (κ3) is 5.58. The van der Waals surface area contributed by atoms with E-state index in [0.717, 1.165) is 0 Å². The van der Waals surface area contributed by atoms with E-state index in [1.165, 1.54) is 0 Å². The van der Waals surface area contributed by atoms with E-state index in [2.05, 4.69) is 0 Å². The van der Waals surface area contributed by atoms with E-state index >= 15 is 0 Å². The van der Waals surface area contributed by atoms with Crippen molar-refractivity contribution in [1.82, 2.24) is 0 Å². The van der Waals surface area contributed by atoms with Gasteiger partial charge in [0.25, 0.3) is 0 Å². The average molecular weight is 364 g/mol. The zero-order chi connectivity index (χ0) is 19.9. The van der Waals surface area contributed by atoms with Gasteiger partial charge in [-0.05, 0) is 43.2 Å². The number of carbonyl (C=O) groups is 3. The highest BCUT2D eigenvalue weighted by atomic mass is 16.5. The molecule has 0 aliphatic carbocycles. The van der Waals surface area contributed by atoms with Crippen molar-refractivity contribution in [2.75, 3.05) is 13.2 Å². The summed E-state index contributed by atoms with van der Waals surface area (Å²) in [5.74, 6) is -2.06. The molecule has 0 atom stereocenters. The fraction of sp³-hybridized carbons (Fsp3) is 0.550. The molecule has 0 fully saturated rings. The van der Waals surface area contributed by atoms with Crippen molar-refractivity contribution >= 4 is 17.9 Å². The summed E-state index contributed by atoms with van der Waals surface area (Å²) >= 11 is 0. The van der Waals surface area contributed by atoms with Crippen molar-refractivity contribution in [2.24, 2.45) is 0 Å². The molecule has 144 valence electrons. The van der Waals surface area contributed by atoms with Gasteiger partial charge in [0, 0.05) is 6.42 Å². The van der Waals surface area contributed by atoms with E-state index in [4.69, 9.17) is 14.6 Å². The van der Waals surface area contributed by atoms with Gasteiger partial charge < -0.3 is 14.6 Å². The highest BCUT2D eigenvalue weighted by Crippen LogP contribution is 2.32. The third-order valence-electron chi connectivity index (χ3n) is 3.90. The molecular weight excluding hydrogens is 336 g/mol. The molecule has 1 rings (SSSR count). The minimum absolute atomic E-state index is 0.0158. The van der Waals surface area contributed by atoms with Gasteiger partial charge in [-0.1, -0.05) is 32.9 Å². The Hall–Kier alpha value is -2.37. The topological polar surface area (TPSA) is 89.9 Å². The number of ether oxygens (including phenoxy) is 2. The maximum Gasteiger partial charge on any atom is 0.339 e. The Balaban J connectivity index is 3.56. The maximum atomic E-state index is 12.7. The fourth-order valence-corrected chi connectivity index (χ4v) is 2.76. The van der Waals surface area contributed by atoms with Gasteiger partial charge in [-0.15, -0.1) is 0 Å². The number of carbonyl (C=O) groups excluding carboxylic acids is 2. The van der Waals surface area contributed by atoms with Gasteiger partial charge in [0.1, 0.15) is 0 Å². The Morgan fingerprint density at radius 1 is 0.962 bits per heavy atom. The summed E-state index contributed by atoms with van der Waals surface area (Å²) in [5, 5.41) is 8.85. The van der Waals surface area contributed by atoms with Crippen LogP contribution < -0.4 is 0 Å². The molecule has 0 aliphatic heterocycles. The van der Waals surface area contributed by atoms with E-state index in [-0.39, 0.29) is 36.2 Å². The molecule has 0 radical (unpaired) electrons. The van der Waals surface area contributed by atoms with Crippen LogP contribution in [0.5, 0.6) is 0 Å². The number of carboxylic acid groups (broad SMARTS) is 1. The van der Waals surface area contributed by atoms with Crippen molar-refractivity contribution in [3.63, 3.8) is 0 Å². The van der Waals surface area contributed by atoms with Gasteiger partial charge in [0.15, 0.2) is 0 Å². The number of rotatable bonds is 8.